The molecule has 0 aliphatic rings. The zero-order chi connectivity index (χ0) is 3.58. The third-order valence-electron chi connectivity index (χ3n) is 0. The Morgan fingerprint density at radius 2 is 2.00 bits per heavy atom. The van der Waals surface area contributed by atoms with E-state index in [1.165, 1.54) is 0 Å². The molecule has 4 heavy (non-hydrogen) atoms. The molecule has 0 N–H and O–H groups in total. The summed E-state index contributed by atoms with van der Waals surface area (Å²) in [6, 6.07) is 0. The SMILES string of the molecule is [CH3][Sn]([Cl])[I]. The van der Waals surface area contributed by atoms with E-state index < -0.39 is 14.7 Å². The molecule has 0 aromatic rings. The Morgan fingerprint density at radius 1 is 2.00 bits per heavy atom. The van der Waals surface area contributed by atoms with Crippen molar-refractivity contribution in [1.82, 2.24) is 0 Å². The molecule has 0 saturated carbocycles. The van der Waals surface area contributed by atoms with Gasteiger partial charge in [0.1, 0.15) is 0 Å². The molecule has 3 heteroatoms. The molecule has 1 radical (unpaired) electrons. The molecule has 0 fully saturated rings. The van der Waals surface area contributed by atoms with Crippen LogP contribution in [0.25, 0.3) is 0 Å². The van der Waals surface area contributed by atoms with Crippen molar-refractivity contribution in [3.8, 4) is 0 Å². The molecule has 0 heterocycles. The first kappa shape index (κ1) is 5.82. The van der Waals surface area contributed by atoms with E-state index in [2.05, 4.69) is 23.6 Å². The van der Waals surface area contributed by atoms with Gasteiger partial charge in [-0.1, -0.05) is 0 Å². The van der Waals surface area contributed by atoms with Crippen molar-refractivity contribution >= 4 is 42.2 Å². The second kappa shape index (κ2) is 3.03. The Hall–Kier alpha value is 1.82. The van der Waals surface area contributed by atoms with Gasteiger partial charge in [0.15, 0.2) is 0 Å². The molecular weight excluding hydrogens is 293 g/mol. The van der Waals surface area contributed by atoms with Crippen LogP contribution >= 0.6 is 27.6 Å². The van der Waals surface area contributed by atoms with E-state index in [1.807, 2.05) is 0 Å². The minimum atomic E-state index is -1.10. The first-order valence-corrected chi connectivity index (χ1v) is 15.7. The monoisotopic (exact) mass is 297 g/mol. The van der Waals surface area contributed by atoms with Gasteiger partial charge in [0.2, 0.25) is 0 Å². The zero-order valence-electron chi connectivity index (χ0n) is 2.26. The summed E-state index contributed by atoms with van der Waals surface area (Å²) in [7, 11) is 5.46. The predicted molar refractivity (Wildman–Crippen MR) is 31.5 cm³/mol. The van der Waals surface area contributed by atoms with Crippen LogP contribution in [0.1, 0.15) is 0 Å². The third-order valence-corrected chi connectivity index (χ3v) is 0. The van der Waals surface area contributed by atoms with Crippen LogP contribution in [0.5, 0.6) is 0 Å². The normalized spacial score (nSPS) is 9.00. The average molecular weight is 296 g/mol. The first-order valence-electron chi connectivity index (χ1n) is 0.878. The van der Waals surface area contributed by atoms with E-state index in [1.54, 1.807) is 0 Å². The standard InChI is InChI=1S/CH3.ClH.HI.Sn/h1H3;2*1H;/q;;;+2/p-2. The van der Waals surface area contributed by atoms with Crippen molar-refractivity contribution < 1.29 is 0 Å². The van der Waals surface area contributed by atoms with Crippen LogP contribution in [0.15, 0.2) is 0 Å². The van der Waals surface area contributed by atoms with Crippen molar-refractivity contribution in [1.29, 1.82) is 0 Å². The summed E-state index contributed by atoms with van der Waals surface area (Å²) in [4.78, 5) is 2.12. The molecule has 0 bridgehead atoms. The summed E-state index contributed by atoms with van der Waals surface area (Å²) < 4.78 is 0. The van der Waals surface area contributed by atoms with E-state index in [9.17, 15) is 0 Å². The Kier molecular flexibility index (Phi) is 4.40. The molecule has 0 aliphatic heterocycles. The number of hydrogen-bond donors (Lipinski definition) is 0. The molecule has 0 unspecified atom stereocenters. The van der Waals surface area contributed by atoms with Crippen LogP contribution in [0, 0.1) is 0 Å². The molecule has 0 spiro atoms. The van der Waals surface area contributed by atoms with Gasteiger partial charge in [0.25, 0.3) is 0 Å². The summed E-state index contributed by atoms with van der Waals surface area (Å²) in [5.41, 5.74) is 0. The van der Waals surface area contributed by atoms with E-state index >= 15 is 0 Å². The molecule has 0 saturated heterocycles. The van der Waals surface area contributed by atoms with Gasteiger partial charge in [-0.2, -0.15) is 0 Å². The molecular formula is CH3ClISn. The van der Waals surface area contributed by atoms with Crippen molar-refractivity contribution in [2.24, 2.45) is 0 Å². The van der Waals surface area contributed by atoms with Crippen LogP contribution < -0.4 is 0 Å². The molecule has 0 aliphatic carbocycles. The fourth-order valence-corrected chi connectivity index (χ4v) is 0. The molecule has 0 rings (SSSR count). The van der Waals surface area contributed by atoms with E-state index in [0.29, 0.717) is 0 Å². The maximum atomic E-state index is 5.46. The first-order chi connectivity index (χ1) is 1.73. The molecule has 0 nitrogen and oxygen atoms in total. The van der Waals surface area contributed by atoms with Crippen LogP contribution in [0.4, 0.5) is 0 Å². The molecule has 25 valence electrons. The van der Waals surface area contributed by atoms with E-state index in [0.717, 1.165) is 0 Å². The summed E-state index contributed by atoms with van der Waals surface area (Å²) in [5, 5.41) is 0. The molecule has 0 atom stereocenters. The van der Waals surface area contributed by atoms with Crippen LogP contribution in [0.3, 0.4) is 0 Å². The fraction of sp³-hybridized carbons (Fsp3) is 1.00. The minimum absolute atomic E-state index is 1.10. The second-order valence-electron chi connectivity index (χ2n) is 0.449. The summed E-state index contributed by atoms with van der Waals surface area (Å²) in [5.74, 6) is 0. The van der Waals surface area contributed by atoms with Crippen LogP contribution in [-0.4, -0.2) is 14.7 Å². The Bertz CT molecular complexity index is 12.8. The van der Waals surface area contributed by atoms with Crippen molar-refractivity contribution in [3.05, 3.63) is 0 Å². The van der Waals surface area contributed by atoms with Gasteiger partial charge in [-0.05, 0) is 0 Å². The van der Waals surface area contributed by atoms with Gasteiger partial charge < -0.3 is 0 Å². The summed E-state index contributed by atoms with van der Waals surface area (Å²) in [6.07, 6.45) is 0. The number of rotatable bonds is 0. The number of halogens is 2. The van der Waals surface area contributed by atoms with Crippen molar-refractivity contribution in [3.63, 3.8) is 0 Å². The Morgan fingerprint density at radius 3 is 2.00 bits per heavy atom. The summed E-state index contributed by atoms with van der Waals surface area (Å²) in [6.45, 7) is 0. The van der Waals surface area contributed by atoms with E-state index in [4.69, 9.17) is 8.92 Å². The molecule has 0 amide bonds. The number of hydrogen-bond acceptors (Lipinski definition) is 0. The summed E-state index contributed by atoms with van der Waals surface area (Å²) >= 11 is 1.20. The van der Waals surface area contributed by atoms with Crippen LogP contribution in [0.2, 0.25) is 4.94 Å². The maximum absolute atomic E-state index is 5.46. The average Bonchev–Trinajstić information content (AvgIpc) is 0.811. The Labute approximate surface area is 46.6 Å². The van der Waals surface area contributed by atoms with Gasteiger partial charge in [-0.25, -0.2) is 0 Å². The fourth-order valence-electron chi connectivity index (χ4n) is 0. The molecule has 0 aromatic carbocycles. The van der Waals surface area contributed by atoms with Crippen LogP contribution in [-0.2, 0) is 0 Å². The van der Waals surface area contributed by atoms with Gasteiger partial charge in [0.05, 0.1) is 0 Å². The molecule has 0 aromatic heterocycles. The van der Waals surface area contributed by atoms with Crippen molar-refractivity contribution in [2.75, 3.05) is 0 Å². The second-order valence-corrected chi connectivity index (χ2v) is 22.0. The Balaban J connectivity index is 2.32. The van der Waals surface area contributed by atoms with Gasteiger partial charge in [0, 0.05) is 0 Å². The van der Waals surface area contributed by atoms with E-state index in [-0.39, 0.29) is 0 Å². The van der Waals surface area contributed by atoms with Gasteiger partial charge in [-0.15, -0.1) is 0 Å². The topological polar surface area (TPSA) is 0 Å². The quantitative estimate of drug-likeness (QED) is 0.472. The third kappa shape index (κ3) is 9.17. The zero-order valence-corrected chi connectivity index (χ0v) is 8.02. The van der Waals surface area contributed by atoms with Gasteiger partial charge >= 0.3 is 47.2 Å². The van der Waals surface area contributed by atoms with Gasteiger partial charge in [-0.3, -0.25) is 0 Å². The van der Waals surface area contributed by atoms with Crippen molar-refractivity contribution in [2.45, 2.75) is 4.94 Å². The predicted octanol–water partition coefficient (Wildman–Crippen LogP) is 1.78.